The smallest absolute Gasteiger partial charge is 0.410 e. The Morgan fingerprint density at radius 2 is 1.00 bits per heavy atom. The van der Waals surface area contributed by atoms with Crippen LogP contribution in [0.25, 0.3) is 0 Å². The molecule has 0 bridgehead atoms. The number of rotatable bonds is 16. The number of aryl methyl sites for hydroxylation is 2. The molecule has 18 nitrogen and oxygen atoms in total. The third kappa shape index (κ3) is 15.7. The largest absolute Gasteiger partial charge is 0.492 e. The normalized spacial score (nSPS) is 22.9. The first-order valence-electron chi connectivity index (χ1n) is 33.2. The standard InChI is InChI=1S/C38H50N4O6.C33H42N4O4.ClH/c1-5-26-20-25(9-11-31(26)27-15-18-40(19-16-27)37(46)48-38(2,3)4)22-41-17-7-6-8-29(41)24-47-30-10-12-32-28(21-30)23-42(36(32)45)33-13-14-34(43)39-35(33)44;1-2-23-17-22(6-8-28(23)24-12-14-34-15-13-24)19-36-16-4-3-5-26(36)21-41-27-7-9-29-25(18-27)20-37(33(29)40)30-10-11-31(38)35-32(30)39;/h9-12,20-21,27,29,33H,5-8,13-19,22-24H2,1-4H3,(H,39,43,44);6-9,17-18,24,26,30,34H,2-5,10-16,19-21H2,1H3,(H,35,38,39);1H/t29-,33?;26-,30?;/m11./s1. The first-order valence-corrected chi connectivity index (χ1v) is 33.2. The van der Waals surface area contributed by atoms with E-state index in [1.165, 1.54) is 66.3 Å². The summed E-state index contributed by atoms with van der Waals surface area (Å²) >= 11 is 0. The first kappa shape index (κ1) is 66.1. The number of nitrogens with one attached hydrogen (secondary N) is 3. The number of nitrogens with zero attached hydrogens (tertiary/aromatic N) is 5. The molecule has 3 N–H and O–H groups in total. The van der Waals surface area contributed by atoms with Gasteiger partial charge in [0, 0.05) is 75.3 Å². The van der Waals surface area contributed by atoms with Gasteiger partial charge in [0.1, 0.15) is 42.4 Å². The highest BCUT2D eigenvalue weighted by molar-refractivity contribution is 6.06. The van der Waals surface area contributed by atoms with E-state index >= 15 is 0 Å². The SMILES string of the molecule is CCc1cc(CN2CCCC[C@@H]2COc2ccc3c(c2)CN(C2CCC(=O)NC2=O)C3=O)ccc1C1CCN(C(=O)OC(C)(C)C)CC1.CCc1cc(CN2CCCC[C@@H]2COc2ccc3c(c2)CN(C2CCC(=O)NC2=O)C3=O)ccc1C1CCNCC1.Cl. The number of hydrogen-bond acceptors (Lipinski definition) is 13. The summed E-state index contributed by atoms with van der Waals surface area (Å²) in [6, 6.07) is 24.8. The molecule has 12 rings (SSSR count). The molecule has 6 saturated heterocycles. The van der Waals surface area contributed by atoms with Gasteiger partial charge in [0.25, 0.3) is 11.8 Å². The number of hydrogen-bond donors (Lipinski definition) is 3. The molecule has 4 atom stereocenters. The summed E-state index contributed by atoms with van der Waals surface area (Å²) in [5.41, 5.74) is 11.0. The van der Waals surface area contributed by atoms with Crippen molar-refractivity contribution in [1.29, 1.82) is 0 Å². The lowest BCUT2D eigenvalue weighted by Crippen LogP contribution is -2.52. The summed E-state index contributed by atoms with van der Waals surface area (Å²) in [6.45, 7) is 19.7. The van der Waals surface area contributed by atoms with Crippen molar-refractivity contribution >= 4 is 53.9 Å². The van der Waals surface area contributed by atoms with Crippen molar-refractivity contribution in [3.63, 3.8) is 0 Å². The summed E-state index contributed by atoms with van der Waals surface area (Å²) in [4.78, 5) is 96.7. The number of fused-ring (bicyclic) bond motifs is 2. The zero-order chi connectivity index (χ0) is 62.3. The third-order valence-corrected chi connectivity index (χ3v) is 19.7. The molecule has 7 amide bonds. The van der Waals surface area contributed by atoms with Crippen LogP contribution in [0.3, 0.4) is 0 Å². The van der Waals surface area contributed by atoms with E-state index in [4.69, 9.17) is 14.2 Å². The zero-order valence-electron chi connectivity index (χ0n) is 53.4. The lowest BCUT2D eigenvalue weighted by atomic mass is 9.85. The van der Waals surface area contributed by atoms with Crippen molar-refractivity contribution in [2.45, 2.75) is 205 Å². The van der Waals surface area contributed by atoms with Gasteiger partial charge in [-0.05, 0) is 217 Å². The van der Waals surface area contributed by atoms with Crippen LogP contribution in [-0.2, 0) is 62.9 Å². The summed E-state index contributed by atoms with van der Waals surface area (Å²) in [7, 11) is 0. The van der Waals surface area contributed by atoms with Crippen LogP contribution >= 0.6 is 12.4 Å². The summed E-state index contributed by atoms with van der Waals surface area (Å²) < 4.78 is 18.3. The van der Waals surface area contributed by atoms with Gasteiger partial charge in [-0.1, -0.05) is 63.1 Å². The van der Waals surface area contributed by atoms with E-state index in [0.29, 0.717) is 68.1 Å². The molecule has 4 aromatic carbocycles. The van der Waals surface area contributed by atoms with Crippen molar-refractivity contribution in [3.8, 4) is 11.5 Å². The van der Waals surface area contributed by atoms with Gasteiger partial charge < -0.3 is 34.2 Å². The zero-order valence-corrected chi connectivity index (χ0v) is 54.2. The number of likely N-dealkylation sites (tertiary alicyclic amines) is 3. The van der Waals surface area contributed by atoms with E-state index in [0.717, 1.165) is 114 Å². The minimum atomic E-state index is -0.623. The molecule has 19 heteroatoms. The van der Waals surface area contributed by atoms with Crippen molar-refractivity contribution in [2.24, 2.45) is 0 Å². The molecular formula is C71H93ClN8O10. The number of carbonyl (C=O) groups excluding carboxylic acids is 7. The van der Waals surface area contributed by atoms with Crippen LogP contribution in [0.5, 0.6) is 11.5 Å². The third-order valence-electron chi connectivity index (χ3n) is 19.7. The fourth-order valence-corrected chi connectivity index (χ4v) is 14.8. The second-order valence-corrected chi connectivity index (χ2v) is 26.8. The quantitative estimate of drug-likeness (QED) is 0.0897. The average molecular weight is 1250 g/mol. The van der Waals surface area contributed by atoms with Crippen LogP contribution in [0.2, 0.25) is 0 Å². The van der Waals surface area contributed by atoms with Gasteiger partial charge in [-0.3, -0.25) is 49.2 Å². The first-order chi connectivity index (χ1) is 43.0. The van der Waals surface area contributed by atoms with Gasteiger partial charge >= 0.3 is 6.09 Å². The highest BCUT2D eigenvalue weighted by Gasteiger charge is 2.41. The molecule has 8 heterocycles. The number of ether oxygens (including phenoxy) is 3. The van der Waals surface area contributed by atoms with Crippen molar-refractivity contribution in [3.05, 3.63) is 128 Å². The van der Waals surface area contributed by atoms with Crippen LogP contribution in [-0.4, -0.2) is 148 Å². The number of benzene rings is 4. The van der Waals surface area contributed by atoms with Gasteiger partial charge in [0.2, 0.25) is 23.6 Å². The maximum Gasteiger partial charge on any atom is 0.410 e. The maximum atomic E-state index is 13.1. The van der Waals surface area contributed by atoms with Crippen molar-refractivity contribution in [2.75, 3.05) is 52.5 Å². The second kappa shape index (κ2) is 29.6. The van der Waals surface area contributed by atoms with E-state index in [9.17, 15) is 33.6 Å². The second-order valence-electron chi connectivity index (χ2n) is 26.8. The van der Waals surface area contributed by atoms with Crippen LogP contribution in [0.4, 0.5) is 4.79 Å². The summed E-state index contributed by atoms with van der Waals surface area (Å²) in [5, 5.41) is 8.21. The Kier molecular flexibility index (Phi) is 21.7. The Balaban J connectivity index is 0.000000198. The monoisotopic (exact) mass is 1250 g/mol. The van der Waals surface area contributed by atoms with E-state index in [1.807, 2.05) is 56.0 Å². The molecule has 0 radical (unpaired) electrons. The fourth-order valence-electron chi connectivity index (χ4n) is 14.8. The van der Waals surface area contributed by atoms with Crippen LogP contribution < -0.4 is 25.4 Å². The van der Waals surface area contributed by atoms with E-state index in [2.05, 4.69) is 76.0 Å². The molecule has 8 aliphatic heterocycles. The lowest BCUT2D eigenvalue weighted by molar-refractivity contribution is -0.138. The Morgan fingerprint density at radius 1 is 0.544 bits per heavy atom. The van der Waals surface area contributed by atoms with Gasteiger partial charge in [-0.15, -0.1) is 12.4 Å². The highest BCUT2D eigenvalue weighted by atomic mass is 35.5. The van der Waals surface area contributed by atoms with E-state index < -0.39 is 23.6 Å². The number of carbonyl (C=O) groups is 7. The topological polar surface area (TPSA) is 199 Å². The lowest BCUT2D eigenvalue weighted by Gasteiger charge is -2.36. The molecular weight excluding hydrogens is 1160 g/mol. The van der Waals surface area contributed by atoms with Crippen LogP contribution in [0.15, 0.2) is 72.8 Å². The predicted octanol–water partition coefficient (Wildman–Crippen LogP) is 9.89. The number of piperidine rings is 6. The van der Waals surface area contributed by atoms with Crippen LogP contribution in [0, 0.1) is 0 Å². The molecule has 90 heavy (non-hydrogen) atoms. The predicted molar refractivity (Wildman–Crippen MR) is 346 cm³/mol. The number of amides is 7. The Hall–Kier alpha value is -6.86. The molecule has 0 aliphatic carbocycles. The minimum Gasteiger partial charge on any atom is -0.492 e. The molecule has 2 unspecified atom stereocenters. The molecule has 0 saturated carbocycles. The molecule has 6 fully saturated rings. The van der Waals surface area contributed by atoms with Gasteiger partial charge in [0.05, 0.1) is 0 Å². The van der Waals surface area contributed by atoms with Gasteiger partial charge in [-0.2, -0.15) is 0 Å². The van der Waals surface area contributed by atoms with Gasteiger partial charge in [-0.25, -0.2) is 4.79 Å². The summed E-state index contributed by atoms with van der Waals surface area (Å²) in [5.74, 6) is 0.931. The number of imide groups is 2. The molecule has 0 spiro atoms. The van der Waals surface area contributed by atoms with Crippen molar-refractivity contribution < 1.29 is 47.8 Å². The molecule has 484 valence electrons. The minimum absolute atomic E-state index is 0. The maximum absolute atomic E-state index is 13.1. The Labute approximate surface area is 537 Å². The van der Waals surface area contributed by atoms with Crippen LogP contribution in [0.1, 0.15) is 202 Å². The van der Waals surface area contributed by atoms with E-state index in [1.54, 1.807) is 21.4 Å². The molecule has 4 aromatic rings. The van der Waals surface area contributed by atoms with E-state index in [-0.39, 0.29) is 66.9 Å². The average Bonchev–Trinajstić information content (AvgIpc) is 2.07. The molecule has 8 aliphatic rings. The fraction of sp³-hybridized carbons (Fsp3) is 0.563. The van der Waals surface area contributed by atoms with Gasteiger partial charge in [0.15, 0.2) is 0 Å². The van der Waals surface area contributed by atoms with Crippen molar-refractivity contribution in [1.82, 2.24) is 40.4 Å². The number of halogens is 1. The Bertz CT molecular complexity index is 3280. The highest BCUT2D eigenvalue weighted by Crippen LogP contribution is 2.36. The Morgan fingerprint density at radius 3 is 1.43 bits per heavy atom. The molecule has 0 aromatic heterocycles. The summed E-state index contributed by atoms with van der Waals surface area (Å²) in [6.07, 6.45) is 14.3.